The number of unbranched alkanes of at least 4 members (excludes halogenated alkanes) is 2. The molecule has 0 radical (unpaired) electrons. The Labute approximate surface area is 114 Å². The van der Waals surface area contributed by atoms with E-state index in [1.807, 2.05) is 6.07 Å². The van der Waals surface area contributed by atoms with Gasteiger partial charge in [-0.15, -0.1) is 0 Å². The first-order chi connectivity index (χ1) is 9.10. The van der Waals surface area contributed by atoms with Gasteiger partial charge >= 0.3 is 0 Å². The summed E-state index contributed by atoms with van der Waals surface area (Å²) in [5, 5.41) is 8.75. The molecule has 104 valence electrons. The largest absolute Gasteiger partial charge is 0.380 e. The highest BCUT2D eigenvalue weighted by atomic mass is 32.2. The summed E-state index contributed by atoms with van der Waals surface area (Å²) in [4.78, 5) is 0.184. The lowest BCUT2D eigenvalue weighted by Crippen LogP contribution is -2.13. The molecule has 0 saturated carbocycles. The Hall–Kier alpha value is -1.38. The lowest BCUT2D eigenvalue weighted by atomic mass is 10.2. The zero-order chi connectivity index (χ0) is 14.1. The Kier molecular flexibility index (Phi) is 6.54. The van der Waals surface area contributed by atoms with E-state index in [9.17, 15) is 8.42 Å². The monoisotopic (exact) mass is 281 g/mol. The van der Waals surface area contributed by atoms with Crippen LogP contribution in [0, 0.1) is 11.3 Å². The van der Waals surface area contributed by atoms with E-state index in [0.717, 1.165) is 19.3 Å². The molecule has 0 amide bonds. The average Bonchev–Trinajstić information content (AvgIpc) is 2.43. The number of rotatable bonds is 8. The Morgan fingerprint density at radius 2 is 2.05 bits per heavy atom. The van der Waals surface area contributed by atoms with Crippen LogP contribution in [0.2, 0.25) is 0 Å². The second-order valence-electron chi connectivity index (χ2n) is 4.28. The number of sulfone groups is 1. The Morgan fingerprint density at radius 3 is 2.74 bits per heavy atom. The van der Waals surface area contributed by atoms with Crippen molar-refractivity contribution in [3.63, 3.8) is 0 Å². The van der Waals surface area contributed by atoms with E-state index in [0.29, 0.717) is 12.2 Å². The molecule has 0 atom stereocenters. The molecule has 19 heavy (non-hydrogen) atoms. The van der Waals surface area contributed by atoms with Gasteiger partial charge in [0.25, 0.3) is 0 Å². The number of hydrogen-bond acceptors (Lipinski definition) is 4. The van der Waals surface area contributed by atoms with Crippen LogP contribution < -0.4 is 0 Å². The van der Waals surface area contributed by atoms with Crippen molar-refractivity contribution in [2.45, 2.75) is 31.1 Å². The van der Waals surface area contributed by atoms with Gasteiger partial charge in [-0.1, -0.05) is 25.8 Å². The summed E-state index contributed by atoms with van der Waals surface area (Å²) >= 11 is 0. The minimum atomic E-state index is -3.36. The van der Waals surface area contributed by atoms with Gasteiger partial charge in [-0.05, 0) is 24.6 Å². The molecular formula is C14H19NO3S. The molecule has 0 bridgehead atoms. The zero-order valence-electron chi connectivity index (χ0n) is 11.1. The van der Waals surface area contributed by atoms with E-state index in [4.69, 9.17) is 10.00 Å². The van der Waals surface area contributed by atoms with Gasteiger partial charge in [0.05, 0.1) is 28.9 Å². The third kappa shape index (κ3) is 5.41. The van der Waals surface area contributed by atoms with Crippen molar-refractivity contribution in [2.75, 3.05) is 19.0 Å². The van der Waals surface area contributed by atoms with Crippen LogP contribution in [0.4, 0.5) is 0 Å². The average molecular weight is 281 g/mol. The number of hydrogen-bond donors (Lipinski definition) is 0. The van der Waals surface area contributed by atoms with Gasteiger partial charge in [0.1, 0.15) is 0 Å². The van der Waals surface area contributed by atoms with Gasteiger partial charge in [0, 0.05) is 6.61 Å². The first-order valence-corrected chi connectivity index (χ1v) is 8.06. The first-order valence-electron chi connectivity index (χ1n) is 6.41. The first kappa shape index (κ1) is 15.7. The van der Waals surface area contributed by atoms with Crippen molar-refractivity contribution in [2.24, 2.45) is 0 Å². The van der Waals surface area contributed by atoms with E-state index in [1.54, 1.807) is 12.1 Å². The predicted molar refractivity (Wildman–Crippen MR) is 73.6 cm³/mol. The van der Waals surface area contributed by atoms with E-state index in [1.165, 1.54) is 12.1 Å². The Bertz CT molecular complexity index is 532. The normalized spacial score (nSPS) is 11.2. The van der Waals surface area contributed by atoms with Crippen molar-refractivity contribution < 1.29 is 13.2 Å². The van der Waals surface area contributed by atoms with E-state index in [-0.39, 0.29) is 17.3 Å². The fourth-order valence-corrected chi connectivity index (χ4v) is 2.77. The molecule has 0 heterocycles. The molecule has 0 N–H and O–H groups in total. The highest BCUT2D eigenvalue weighted by Gasteiger charge is 2.14. The van der Waals surface area contributed by atoms with Gasteiger partial charge in [0.15, 0.2) is 9.84 Å². The molecule has 5 heteroatoms. The van der Waals surface area contributed by atoms with Crippen LogP contribution in [0.25, 0.3) is 0 Å². The zero-order valence-corrected chi connectivity index (χ0v) is 11.9. The summed E-state index contributed by atoms with van der Waals surface area (Å²) < 4.78 is 29.3. The van der Waals surface area contributed by atoms with Crippen LogP contribution in [-0.2, 0) is 14.6 Å². The van der Waals surface area contributed by atoms with Gasteiger partial charge < -0.3 is 4.74 Å². The van der Waals surface area contributed by atoms with Crippen molar-refractivity contribution in [1.82, 2.24) is 0 Å². The van der Waals surface area contributed by atoms with Crippen LogP contribution >= 0.6 is 0 Å². The minimum absolute atomic E-state index is 0.0476. The maximum atomic E-state index is 12.0. The third-order valence-corrected chi connectivity index (χ3v) is 4.39. The van der Waals surface area contributed by atoms with Crippen molar-refractivity contribution in [1.29, 1.82) is 5.26 Å². The van der Waals surface area contributed by atoms with Crippen molar-refractivity contribution >= 4 is 9.84 Å². The number of benzene rings is 1. The highest BCUT2D eigenvalue weighted by molar-refractivity contribution is 7.91. The molecule has 1 aromatic rings. The van der Waals surface area contributed by atoms with Crippen molar-refractivity contribution in [3.05, 3.63) is 29.8 Å². The smallest absolute Gasteiger partial charge is 0.180 e. The molecule has 4 nitrogen and oxygen atoms in total. The summed E-state index contributed by atoms with van der Waals surface area (Å²) in [7, 11) is -3.36. The summed E-state index contributed by atoms with van der Waals surface area (Å²) in [6.45, 7) is 2.90. The van der Waals surface area contributed by atoms with Gasteiger partial charge in [-0.2, -0.15) is 5.26 Å². The van der Waals surface area contributed by atoms with Crippen LogP contribution in [0.15, 0.2) is 29.2 Å². The molecule has 1 aromatic carbocycles. The topological polar surface area (TPSA) is 67.2 Å². The fourth-order valence-electron chi connectivity index (χ4n) is 1.60. The van der Waals surface area contributed by atoms with E-state index < -0.39 is 9.84 Å². The summed E-state index contributed by atoms with van der Waals surface area (Å²) in [5.41, 5.74) is 0.352. The lowest BCUT2D eigenvalue weighted by Gasteiger charge is -2.06. The molecule has 0 aliphatic rings. The maximum Gasteiger partial charge on any atom is 0.180 e. The summed E-state index contributed by atoms with van der Waals surface area (Å²) in [6, 6.07) is 8.00. The third-order valence-electron chi connectivity index (χ3n) is 2.71. The molecule has 0 spiro atoms. The fraction of sp³-hybridized carbons (Fsp3) is 0.500. The number of nitrogens with zero attached hydrogens (tertiary/aromatic N) is 1. The molecule has 0 saturated heterocycles. The standard InChI is InChI=1S/C14H19NO3S/c1-2-3-4-8-18-9-10-19(16,17)14-7-5-6-13(11-14)12-15/h5-7,11H,2-4,8-10H2,1H3. The van der Waals surface area contributed by atoms with E-state index >= 15 is 0 Å². The molecule has 0 unspecified atom stereocenters. The molecule has 1 rings (SSSR count). The molecule has 0 aromatic heterocycles. The molecule has 0 aliphatic carbocycles. The van der Waals surface area contributed by atoms with Crippen LogP contribution in [0.1, 0.15) is 31.7 Å². The highest BCUT2D eigenvalue weighted by Crippen LogP contribution is 2.12. The molecule has 0 aliphatic heterocycles. The summed E-state index contributed by atoms with van der Waals surface area (Å²) in [6.07, 6.45) is 3.17. The van der Waals surface area contributed by atoms with Crippen LogP contribution in [-0.4, -0.2) is 27.4 Å². The van der Waals surface area contributed by atoms with Crippen LogP contribution in [0.5, 0.6) is 0 Å². The second kappa shape index (κ2) is 7.93. The summed E-state index contributed by atoms with van der Waals surface area (Å²) in [5.74, 6) is -0.0476. The van der Waals surface area contributed by atoms with Gasteiger partial charge in [0.2, 0.25) is 0 Å². The predicted octanol–water partition coefficient (Wildman–Crippen LogP) is 2.54. The van der Waals surface area contributed by atoms with E-state index in [2.05, 4.69) is 6.92 Å². The Balaban J connectivity index is 2.49. The van der Waals surface area contributed by atoms with Gasteiger partial charge in [-0.3, -0.25) is 0 Å². The minimum Gasteiger partial charge on any atom is -0.380 e. The second-order valence-corrected chi connectivity index (χ2v) is 6.39. The number of nitriles is 1. The van der Waals surface area contributed by atoms with Crippen molar-refractivity contribution in [3.8, 4) is 6.07 Å². The van der Waals surface area contributed by atoms with Gasteiger partial charge in [-0.25, -0.2) is 8.42 Å². The maximum absolute atomic E-state index is 12.0. The quantitative estimate of drug-likeness (QED) is 0.687. The number of ether oxygens (including phenoxy) is 1. The molecular weight excluding hydrogens is 262 g/mol. The SMILES string of the molecule is CCCCCOCCS(=O)(=O)c1cccc(C#N)c1. The molecule has 0 fully saturated rings. The van der Waals surface area contributed by atoms with Crippen LogP contribution in [0.3, 0.4) is 0 Å². The lowest BCUT2D eigenvalue weighted by molar-refractivity contribution is 0.144. The Morgan fingerprint density at radius 1 is 1.26 bits per heavy atom.